The first-order chi connectivity index (χ1) is 6.75. The summed E-state index contributed by atoms with van der Waals surface area (Å²) in [6, 6.07) is 0. The van der Waals surface area contributed by atoms with Crippen LogP contribution in [0, 0.1) is 9.52 Å². The number of nitrogens with zero attached hydrogens (tertiary/aromatic N) is 1. The lowest BCUT2D eigenvalue weighted by Crippen LogP contribution is -2.12. The van der Waals surface area contributed by atoms with Gasteiger partial charge in [0.25, 0.3) is 6.43 Å². The van der Waals surface area contributed by atoms with Crippen molar-refractivity contribution in [2.75, 3.05) is 0 Å². The zero-order chi connectivity index (χ0) is 11.8. The average molecular weight is 341 g/mol. The molecule has 0 aliphatic heterocycles. The molecule has 1 nitrogen and oxygen atoms in total. The van der Waals surface area contributed by atoms with Crippen molar-refractivity contribution >= 4 is 22.6 Å². The van der Waals surface area contributed by atoms with Crippen LogP contribution >= 0.6 is 22.6 Å². The highest BCUT2D eigenvalue weighted by Gasteiger charge is 2.36. The number of alkyl halides is 5. The summed E-state index contributed by atoms with van der Waals surface area (Å²) >= 11 is 1.03. The molecular formula is C7H2F6IN. The molecule has 1 aromatic heterocycles. The summed E-state index contributed by atoms with van der Waals surface area (Å²) in [7, 11) is 0. The topological polar surface area (TPSA) is 12.9 Å². The van der Waals surface area contributed by atoms with E-state index in [0.29, 0.717) is 0 Å². The summed E-state index contributed by atoms with van der Waals surface area (Å²) in [6.45, 7) is 0. The Hall–Kier alpha value is -0.540. The van der Waals surface area contributed by atoms with Gasteiger partial charge in [0, 0.05) is 9.77 Å². The van der Waals surface area contributed by atoms with Crippen LogP contribution in [0.15, 0.2) is 6.20 Å². The number of hydrogen-bond acceptors (Lipinski definition) is 1. The van der Waals surface area contributed by atoms with Crippen molar-refractivity contribution < 1.29 is 26.3 Å². The number of hydrogen-bond donors (Lipinski definition) is 0. The lowest BCUT2D eigenvalue weighted by atomic mass is 10.2. The summed E-state index contributed by atoms with van der Waals surface area (Å²) < 4.78 is 72.9. The molecule has 0 spiro atoms. The van der Waals surface area contributed by atoms with E-state index in [-0.39, 0.29) is 6.20 Å². The van der Waals surface area contributed by atoms with Crippen molar-refractivity contribution in [3.8, 4) is 0 Å². The van der Waals surface area contributed by atoms with Crippen molar-refractivity contribution in [2.24, 2.45) is 0 Å². The molecule has 0 fully saturated rings. The van der Waals surface area contributed by atoms with E-state index in [4.69, 9.17) is 0 Å². The minimum Gasteiger partial charge on any atom is -0.227 e. The smallest absolute Gasteiger partial charge is 0.227 e. The molecular weight excluding hydrogens is 339 g/mol. The second kappa shape index (κ2) is 4.14. The fraction of sp³-hybridized carbons (Fsp3) is 0.286. The van der Waals surface area contributed by atoms with E-state index in [2.05, 4.69) is 4.98 Å². The van der Waals surface area contributed by atoms with Crippen LogP contribution in [-0.4, -0.2) is 4.98 Å². The van der Waals surface area contributed by atoms with Gasteiger partial charge in [0.05, 0.1) is 11.1 Å². The molecule has 1 heterocycles. The van der Waals surface area contributed by atoms with Crippen molar-refractivity contribution in [3.63, 3.8) is 0 Å². The Kier molecular flexibility index (Phi) is 3.46. The summed E-state index contributed by atoms with van der Waals surface area (Å²) in [6.07, 6.45) is -7.95. The van der Waals surface area contributed by atoms with Gasteiger partial charge in [-0.3, -0.25) is 0 Å². The predicted molar refractivity (Wildman–Crippen MR) is 46.9 cm³/mol. The van der Waals surface area contributed by atoms with Gasteiger partial charge in [0.1, 0.15) is 0 Å². The van der Waals surface area contributed by atoms with Crippen LogP contribution in [0.4, 0.5) is 26.3 Å². The van der Waals surface area contributed by atoms with E-state index in [1.54, 1.807) is 0 Å². The highest BCUT2D eigenvalue weighted by Crippen LogP contribution is 2.37. The zero-order valence-corrected chi connectivity index (χ0v) is 8.91. The van der Waals surface area contributed by atoms with Gasteiger partial charge in [-0.2, -0.15) is 17.6 Å². The number of rotatable bonds is 1. The SMILES string of the molecule is Fc1ncc(C(F)(F)F)c(I)c1C(F)F. The molecule has 0 aromatic carbocycles. The van der Waals surface area contributed by atoms with E-state index in [9.17, 15) is 26.3 Å². The molecule has 0 amide bonds. The number of pyridine rings is 1. The first kappa shape index (κ1) is 12.5. The van der Waals surface area contributed by atoms with Crippen LogP contribution in [-0.2, 0) is 6.18 Å². The molecule has 0 N–H and O–H groups in total. The van der Waals surface area contributed by atoms with Crippen LogP contribution < -0.4 is 0 Å². The molecule has 0 saturated heterocycles. The minimum absolute atomic E-state index is 0.197. The van der Waals surface area contributed by atoms with Gasteiger partial charge in [-0.15, -0.1) is 0 Å². The normalized spacial score (nSPS) is 12.3. The average Bonchev–Trinajstić information content (AvgIpc) is 2.00. The van der Waals surface area contributed by atoms with Gasteiger partial charge >= 0.3 is 6.18 Å². The molecule has 0 aliphatic carbocycles. The quantitative estimate of drug-likeness (QED) is 0.430. The van der Waals surface area contributed by atoms with Gasteiger partial charge in [0.15, 0.2) is 0 Å². The van der Waals surface area contributed by atoms with Crippen molar-refractivity contribution in [1.82, 2.24) is 4.98 Å². The lowest BCUT2D eigenvalue weighted by Gasteiger charge is -2.11. The fourth-order valence-corrected chi connectivity index (χ4v) is 1.77. The van der Waals surface area contributed by atoms with Gasteiger partial charge in [0.2, 0.25) is 5.95 Å². The molecule has 1 aromatic rings. The Labute approximate surface area is 93.6 Å². The Balaban J connectivity index is 3.42. The van der Waals surface area contributed by atoms with Gasteiger partial charge in [-0.25, -0.2) is 13.8 Å². The molecule has 84 valence electrons. The summed E-state index contributed by atoms with van der Waals surface area (Å²) in [5, 5.41) is 0. The van der Waals surface area contributed by atoms with Crippen LogP contribution in [0.2, 0.25) is 0 Å². The molecule has 0 aliphatic rings. The highest BCUT2D eigenvalue weighted by atomic mass is 127. The largest absolute Gasteiger partial charge is 0.418 e. The minimum atomic E-state index is -4.82. The highest BCUT2D eigenvalue weighted by molar-refractivity contribution is 14.1. The van der Waals surface area contributed by atoms with E-state index in [1.807, 2.05) is 0 Å². The molecule has 1 rings (SSSR count). The van der Waals surface area contributed by atoms with Crippen LogP contribution in [0.5, 0.6) is 0 Å². The van der Waals surface area contributed by atoms with Crippen molar-refractivity contribution in [3.05, 3.63) is 26.8 Å². The van der Waals surface area contributed by atoms with Crippen LogP contribution in [0.25, 0.3) is 0 Å². The molecule has 0 atom stereocenters. The van der Waals surface area contributed by atoms with Crippen molar-refractivity contribution in [1.29, 1.82) is 0 Å². The predicted octanol–water partition coefficient (Wildman–Crippen LogP) is 3.78. The first-order valence-corrected chi connectivity index (χ1v) is 4.52. The number of aromatic nitrogens is 1. The van der Waals surface area contributed by atoms with E-state index < -0.39 is 33.2 Å². The van der Waals surface area contributed by atoms with Gasteiger partial charge < -0.3 is 0 Å². The standard InChI is InChI=1S/C7H2F6IN/c8-5(9)3-4(14)2(7(11,12)13)1-15-6(3)10/h1,5H. The molecule has 0 radical (unpaired) electrons. The Morgan fingerprint density at radius 1 is 1.27 bits per heavy atom. The maximum Gasteiger partial charge on any atom is 0.418 e. The first-order valence-electron chi connectivity index (χ1n) is 3.44. The maximum atomic E-state index is 12.7. The lowest BCUT2D eigenvalue weighted by molar-refractivity contribution is -0.138. The third kappa shape index (κ3) is 2.52. The second-order valence-corrected chi connectivity index (χ2v) is 3.57. The van der Waals surface area contributed by atoms with Gasteiger partial charge in [-0.1, -0.05) is 0 Å². The molecule has 0 saturated carbocycles. The van der Waals surface area contributed by atoms with E-state index in [1.165, 1.54) is 0 Å². The van der Waals surface area contributed by atoms with Crippen LogP contribution in [0.1, 0.15) is 17.6 Å². The Morgan fingerprint density at radius 3 is 2.20 bits per heavy atom. The van der Waals surface area contributed by atoms with Gasteiger partial charge in [-0.05, 0) is 22.6 Å². The molecule has 0 bridgehead atoms. The third-order valence-corrected chi connectivity index (χ3v) is 2.69. The second-order valence-electron chi connectivity index (χ2n) is 2.49. The molecule has 0 unspecified atom stereocenters. The molecule has 8 heteroatoms. The zero-order valence-electron chi connectivity index (χ0n) is 6.75. The fourth-order valence-electron chi connectivity index (χ4n) is 0.867. The Morgan fingerprint density at radius 2 is 1.80 bits per heavy atom. The third-order valence-electron chi connectivity index (χ3n) is 1.53. The summed E-state index contributed by atoms with van der Waals surface area (Å²) in [4.78, 5) is 2.66. The maximum absolute atomic E-state index is 12.7. The van der Waals surface area contributed by atoms with Crippen molar-refractivity contribution in [2.45, 2.75) is 12.6 Å². The van der Waals surface area contributed by atoms with Crippen LogP contribution in [0.3, 0.4) is 0 Å². The Bertz CT molecular complexity index is 374. The summed E-state index contributed by atoms with van der Waals surface area (Å²) in [5.74, 6) is -1.58. The van der Waals surface area contributed by atoms with E-state index in [0.717, 1.165) is 22.6 Å². The number of halogens is 7. The monoisotopic (exact) mass is 341 g/mol. The van der Waals surface area contributed by atoms with E-state index >= 15 is 0 Å². The summed E-state index contributed by atoms with van der Waals surface area (Å²) in [5.41, 5.74) is -2.68. The molecule has 15 heavy (non-hydrogen) atoms.